The third kappa shape index (κ3) is 4.39. The summed E-state index contributed by atoms with van der Waals surface area (Å²) in [6.45, 7) is 2.99. The fraction of sp³-hybridized carbons (Fsp3) is 0.400. The summed E-state index contributed by atoms with van der Waals surface area (Å²) in [5, 5.41) is 5.60. The molecular formula is C10H14FN3O. The van der Waals surface area contributed by atoms with E-state index in [9.17, 15) is 9.18 Å². The summed E-state index contributed by atoms with van der Waals surface area (Å²) >= 11 is 0. The van der Waals surface area contributed by atoms with Crippen LogP contribution in [-0.4, -0.2) is 24.0 Å². The molecule has 1 aromatic rings. The Labute approximate surface area is 87.9 Å². The third-order valence-electron chi connectivity index (χ3n) is 1.76. The van der Waals surface area contributed by atoms with Gasteiger partial charge in [0.25, 0.3) is 0 Å². The first-order chi connectivity index (χ1) is 7.22. The molecule has 4 nitrogen and oxygen atoms in total. The Bertz CT molecular complexity index is 313. The van der Waals surface area contributed by atoms with Crippen LogP contribution in [-0.2, 0) is 4.79 Å². The summed E-state index contributed by atoms with van der Waals surface area (Å²) in [6.07, 6.45) is 1.52. The molecule has 15 heavy (non-hydrogen) atoms. The number of hydrogen-bond acceptors (Lipinski definition) is 3. The van der Waals surface area contributed by atoms with Gasteiger partial charge in [-0.3, -0.25) is 4.79 Å². The summed E-state index contributed by atoms with van der Waals surface area (Å²) in [4.78, 5) is 14.9. The van der Waals surface area contributed by atoms with Gasteiger partial charge in [-0.15, -0.1) is 0 Å². The van der Waals surface area contributed by atoms with Crippen LogP contribution in [0.1, 0.15) is 13.3 Å². The van der Waals surface area contributed by atoms with Crippen molar-refractivity contribution < 1.29 is 9.18 Å². The van der Waals surface area contributed by atoms with Gasteiger partial charge < -0.3 is 10.6 Å². The Morgan fingerprint density at radius 3 is 2.93 bits per heavy atom. The first-order valence-electron chi connectivity index (χ1n) is 4.84. The van der Waals surface area contributed by atoms with E-state index in [1.807, 2.05) is 6.92 Å². The number of pyridine rings is 1. The number of carbonyl (C=O) groups is 1. The Hall–Kier alpha value is -1.65. The predicted molar refractivity (Wildman–Crippen MR) is 56.0 cm³/mol. The number of nitrogens with zero attached hydrogens (tertiary/aromatic N) is 1. The topological polar surface area (TPSA) is 54.0 Å². The van der Waals surface area contributed by atoms with Gasteiger partial charge in [-0.05, 0) is 19.1 Å². The highest BCUT2D eigenvalue weighted by Crippen LogP contribution is 2.02. The van der Waals surface area contributed by atoms with E-state index in [-0.39, 0.29) is 11.7 Å². The van der Waals surface area contributed by atoms with Gasteiger partial charge >= 0.3 is 0 Å². The van der Waals surface area contributed by atoms with E-state index in [2.05, 4.69) is 15.6 Å². The van der Waals surface area contributed by atoms with Crippen molar-refractivity contribution in [3.63, 3.8) is 0 Å². The molecule has 0 bridgehead atoms. The van der Waals surface area contributed by atoms with Crippen LogP contribution in [0.4, 0.5) is 10.2 Å². The molecule has 5 heteroatoms. The second-order valence-corrected chi connectivity index (χ2v) is 2.99. The van der Waals surface area contributed by atoms with E-state index >= 15 is 0 Å². The van der Waals surface area contributed by atoms with Crippen LogP contribution in [0.5, 0.6) is 0 Å². The molecule has 0 radical (unpaired) electrons. The van der Waals surface area contributed by atoms with Crippen molar-refractivity contribution in [3.8, 4) is 0 Å². The lowest BCUT2D eigenvalue weighted by Crippen LogP contribution is -2.24. The molecule has 1 heterocycles. The second-order valence-electron chi connectivity index (χ2n) is 2.99. The summed E-state index contributed by atoms with van der Waals surface area (Å²) in [5.41, 5.74) is 0. The molecule has 0 aromatic carbocycles. The molecule has 1 aromatic heterocycles. The van der Waals surface area contributed by atoms with Crippen LogP contribution in [0.2, 0.25) is 0 Å². The number of aromatic nitrogens is 1. The van der Waals surface area contributed by atoms with E-state index < -0.39 is 0 Å². The zero-order valence-corrected chi connectivity index (χ0v) is 8.59. The molecule has 0 atom stereocenters. The highest BCUT2D eigenvalue weighted by atomic mass is 19.1. The van der Waals surface area contributed by atoms with E-state index in [1.165, 1.54) is 12.1 Å². The van der Waals surface area contributed by atoms with E-state index in [0.717, 1.165) is 6.20 Å². The average molecular weight is 211 g/mol. The van der Waals surface area contributed by atoms with Gasteiger partial charge in [0.1, 0.15) is 11.6 Å². The molecule has 0 spiro atoms. The number of carbonyl (C=O) groups excluding carboxylic acids is 1. The summed E-state index contributed by atoms with van der Waals surface area (Å²) in [7, 11) is 0. The lowest BCUT2D eigenvalue weighted by Gasteiger charge is -2.04. The largest absolute Gasteiger partial charge is 0.370 e. The zero-order valence-electron chi connectivity index (χ0n) is 8.59. The fourth-order valence-corrected chi connectivity index (χ4v) is 1.07. The van der Waals surface area contributed by atoms with Crippen molar-refractivity contribution in [2.75, 3.05) is 18.4 Å². The van der Waals surface area contributed by atoms with E-state index in [1.54, 1.807) is 0 Å². The standard InChI is InChI=1S/C10H14FN3O/c1-2-12-10(15)5-6-13-9-4-3-8(11)7-14-9/h3-4,7H,2,5-6H2,1H3,(H,12,15)(H,13,14). The van der Waals surface area contributed by atoms with Gasteiger partial charge in [0.05, 0.1) is 6.20 Å². The molecular weight excluding hydrogens is 197 g/mol. The quantitative estimate of drug-likeness (QED) is 0.768. The summed E-state index contributed by atoms with van der Waals surface area (Å²) in [6, 6.07) is 2.86. The number of hydrogen-bond donors (Lipinski definition) is 2. The molecule has 0 saturated heterocycles. The van der Waals surface area contributed by atoms with Crippen molar-refractivity contribution in [2.24, 2.45) is 0 Å². The highest BCUT2D eigenvalue weighted by Gasteiger charge is 1.99. The van der Waals surface area contributed by atoms with Gasteiger partial charge in [-0.1, -0.05) is 0 Å². The maximum Gasteiger partial charge on any atom is 0.221 e. The minimum absolute atomic E-state index is 0.00730. The van der Waals surface area contributed by atoms with Crippen molar-refractivity contribution in [2.45, 2.75) is 13.3 Å². The minimum atomic E-state index is -0.371. The molecule has 1 rings (SSSR count). The molecule has 1 amide bonds. The summed E-state index contributed by atoms with van der Waals surface area (Å²) < 4.78 is 12.5. The van der Waals surface area contributed by atoms with Crippen molar-refractivity contribution in [1.82, 2.24) is 10.3 Å². The molecule has 0 aliphatic heterocycles. The molecule has 2 N–H and O–H groups in total. The van der Waals surface area contributed by atoms with Gasteiger partial charge in [0, 0.05) is 19.5 Å². The molecule has 82 valence electrons. The average Bonchev–Trinajstić information content (AvgIpc) is 2.21. The van der Waals surface area contributed by atoms with Gasteiger partial charge in [0.2, 0.25) is 5.91 Å². The maximum absolute atomic E-state index is 12.5. The minimum Gasteiger partial charge on any atom is -0.370 e. The van der Waals surface area contributed by atoms with E-state index in [4.69, 9.17) is 0 Å². The first kappa shape index (κ1) is 11.4. The molecule has 0 aliphatic carbocycles. The van der Waals surface area contributed by atoms with Crippen LogP contribution in [0.3, 0.4) is 0 Å². The normalized spacial score (nSPS) is 9.73. The smallest absolute Gasteiger partial charge is 0.221 e. The monoisotopic (exact) mass is 211 g/mol. The van der Waals surface area contributed by atoms with Gasteiger partial charge in [-0.2, -0.15) is 0 Å². The number of anilines is 1. The molecule has 0 aliphatic rings. The highest BCUT2D eigenvalue weighted by molar-refractivity contribution is 5.76. The van der Waals surface area contributed by atoms with Gasteiger partial charge in [-0.25, -0.2) is 9.37 Å². The van der Waals surface area contributed by atoms with Crippen molar-refractivity contribution >= 4 is 11.7 Å². The van der Waals surface area contributed by atoms with E-state index in [0.29, 0.717) is 25.3 Å². The predicted octanol–water partition coefficient (Wildman–Crippen LogP) is 1.16. The maximum atomic E-state index is 12.5. The zero-order chi connectivity index (χ0) is 11.1. The number of halogens is 1. The molecule has 0 unspecified atom stereocenters. The van der Waals surface area contributed by atoms with Crippen LogP contribution in [0.15, 0.2) is 18.3 Å². The Morgan fingerprint density at radius 2 is 2.33 bits per heavy atom. The van der Waals surface area contributed by atoms with Crippen LogP contribution >= 0.6 is 0 Å². The number of nitrogens with one attached hydrogen (secondary N) is 2. The van der Waals surface area contributed by atoms with Crippen LogP contribution in [0.25, 0.3) is 0 Å². The van der Waals surface area contributed by atoms with Crippen LogP contribution < -0.4 is 10.6 Å². The third-order valence-corrected chi connectivity index (χ3v) is 1.76. The summed E-state index contributed by atoms with van der Waals surface area (Å²) in [5.74, 6) is 0.192. The SMILES string of the molecule is CCNC(=O)CCNc1ccc(F)cn1. The Morgan fingerprint density at radius 1 is 1.53 bits per heavy atom. The van der Waals surface area contributed by atoms with Crippen molar-refractivity contribution in [3.05, 3.63) is 24.1 Å². The lowest BCUT2D eigenvalue weighted by molar-refractivity contribution is -0.120. The van der Waals surface area contributed by atoms with Gasteiger partial charge in [0.15, 0.2) is 0 Å². The van der Waals surface area contributed by atoms with Crippen molar-refractivity contribution in [1.29, 1.82) is 0 Å². The first-order valence-corrected chi connectivity index (χ1v) is 4.84. The second kappa shape index (κ2) is 5.95. The van der Waals surface area contributed by atoms with Crippen LogP contribution in [0, 0.1) is 5.82 Å². The lowest BCUT2D eigenvalue weighted by atomic mass is 10.4. The number of amides is 1. The fourth-order valence-electron chi connectivity index (χ4n) is 1.07. The number of rotatable bonds is 5. The Kier molecular flexibility index (Phi) is 4.53. The Balaban J connectivity index is 2.26. The molecule has 0 saturated carbocycles. The molecule has 0 fully saturated rings.